The van der Waals surface area contributed by atoms with Crippen molar-refractivity contribution in [3.63, 3.8) is 0 Å². The first-order chi connectivity index (χ1) is 12.6. The van der Waals surface area contributed by atoms with Gasteiger partial charge in [0.25, 0.3) is 5.91 Å². The Bertz CT molecular complexity index is 881. The summed E-state index contributed by atoms with van der Waals surface area (Å²) in [5.41, 5.74) is 2.36. The second-order valence-electron chi connectivity index (χ2n) is 5.64. The lowest BCUT2D eigenvalue weighted by atomic mass is 10.2. The second kappa shape index (κ2) is 8.78. The molecule has 5 nitrogen and oxygen atoms in total. The number of pyridine rings is 1. The zero-order valence-corrected chi connectivity index (χ0v) is 15.8. The fraction of sp³-hybridized carbons (Fsp3) is 0.211. The van der Waals surface area contributed by atoms with Gasteiger partial charge in [0.15, 0.2) is 0 Å². The van der Waals surface area contributed by atoms with E-state index in [-0.39, 0.29) is 5.91 Å². The van der Waals surface area contributed by atoms with Crippen molar-refractivity contribution in [1.82, 2.24) is 15.3 Å². The molecule has 0 saturated carbocycles. The minimum atomic E-state index is -0.179. The van der Waals surface area contributed by atoms with Crippen LogP contribution in [-0.2, 0) is 13.0 Å². The third-order valence-electron chi connectivity index (χ3n) is 3.63. The highest BCUT2D eigenvalue weighted by atomic mass is 35.5. The van der Waals surface area contributed by atoms with Gasteiger partial charge in [-0.1, -0.05) is 23.7 Å². The smallest absolute Gasteiger partial charge is 0.252 e. The molecule has 0 aliphatic carbocycles. The highest BCUT2D eigenvalue weighted by molar-refractivity contribution is 7.09. The van der Waals surface area contributed by atoms with Crippen LogP contribution in [0, 0.1) is 6.92 Å². The second-order valence-corrected chi connectivity index (χ2v) is 6.99. The normalized spacial score (nSPS) is 10.5. The van der Waals surface area contributed by atoms with Crippen LogP contribution in [0.15, 0.2) is 48.0 Å². The van der Waals surface area contributed by atoms with Crippen LogP contribution in [0.2, 0.25) is 5.02 Å². The molecule has 0 spiro atoms. The van der Waals surface area contributed by atoms with Gasteiger partial charge >= 0.3 is 0 Å². The van der Waals surface area contributed by atoms with Gasteiger partial charge in [-0.3, -0.25) is 9.78 Å². The Hall–Kier alpha value is -2.44. The van der Waals surface area contributed by atoms with E-state index in [0.29, 0.717) is 30.2 Å². The number of halogens is 1. The van der Waals surface area contributed by atoms with E-state index in [1.165, 1.54) is 11.3 Å². The van der Waals surface area contributed by atoms with Gasteiger partial charge in [-0.2, -0.15) is 0 Å². The van der Waals surface area contributed by atoms with Crippen LogP contribution in [0.4, 0.5) is 0 Å². The van der Waals surface area contributed by atoms with Crippen molar-refractivity contribution >= 4 is 28.8 Å². The van der Waals surface area contributed by atoms with Crippen molar-refractivity contribution < 1.29 is 9.53 Å². The van der Waals surface area contributed by atoms with Gasteiger partial charge in [0.2, 0.25) is 0 Å². The number of hydrogen-bond donors (Lipinski definition) is 1. The number of amides is 1. The third-order valence-corrected chi connectivity index (χ3v) is 4.83. The number of ether oxygens (including phenoxy) is 1. The predicted molar refractivity (Wildman–Crippen MR) is 103 cm³/mol. The van der Waals surface area contributed by atoms with Crippen LogP contribution in [-0.4, -0.2) is 22.4 Å². The van der Waals surface area contributed by atoms with Gasteiger partial charge in [0.1, 0.15) is 17.4 Å². The minimum Gasteiger partial charge on any atom is -0.485 e. The summed E-state index contributed by atoms with van der Waals surface area (Å²) in [6.45, 7) is 2.83. The Morgan fingerprint density at radius 1 is 1.27 bits per heavy atom. The fourth-order valence-corrected chi connectivity index (χ4v) is 3.22. The Kier molecular flexibility index (Phi) is 6.20. The Labute approximate surface area is 161 Å². The van der Waals surface area contributed by atoms with Crippen molar-refractivity contribution in [2.24, 2.45) is 0 Å². The maximum Gasteiger partial charge on any atom is 0.252 e. The van der Waals surface area contributed by atoms with Crippen LogP contribution in [0.1, 0.15) is 26.8 Å². The summed E-state index contributed by atoms with van der Waals surface area (Å²) in [5.74, 6) is 0.542. The summed E-state index contributed by atoms with van der Waals surface area (Å²) in [6.07, 6.45) is 2.35. The maximum absolute atomic E-state index is 12.1. The van der Waals surface area contributed by atoms with E-state index in [4.69, 9.17) is 16.3 Å². The summed E-state index contributed by atoms with van der Waals surface area (Å²) >= 11 is 7.56. The number of nitrogens with one attached hydrogen (secondary N) is 1. The van der Waals surface area contributed by atoms with Gasteiger partial charge in [-0.25, -0.2) is 4.98 Å². The lowest BCUT2D eigenvalue weighted by Crippen LogP contribution is -2.26. The lowest BCUT2D eigenvalue weighted by molar-refractivity contribution is 0.0954. The molecule has 26 heavy (non-hydrogen) atoms. The van der Waals surface area contributed by atoms with E-state index in [9.17, 15) is 4.79 Å². The molecule has 1 N–H and O–H groups in total. The number of carbonyl (C=O) groups is 1. The molecule has 3 aromatic rings. The first kappa shape index (κ1) is 18.4. The van der Waals surface area contributed by atoms with Crippen molar-refractivity contribution in [3.8, 4) is 5.75 Å². The SMILES string of the molecule is Cc1ccc(OCc2nc(CCNC(=O)c3ccccc3Cl)cs2)cn1. The molecule has 134 valence electrons. The zero-order valence-electron chi connectivity index (χ0n) is 14.2. The number of carbonyl (C=O) groups excluding carboxylic acids is 1. The Morgan fingerprint density at radius 2 is 2.12 bits per heavy atom. The van der Waals surface area contributed by atoms with E-state index in [2.05, 4.69) is 15.3 Å². The molecular formula is C19H18ClN3O2S. The maximum atomic E-state index is 12.1. The molecule has 3 rings (SSSR count). The summed E-state index contributed by atoms with van der Waals surface area (Å²) in [7, 11) is 0. The number of aromatic nitrogens is 2. The molecule has 1 aromatic carbocycles. The number of aryl methyl sites for hydroxylation is 1. The number of nitrogens with zero attached hydrogens (tertiary/aromatic N) is 2. The van der Waals surface area contributed by atoms with E-state index in [1.54, 1.807) is 30.5 Å². The minimum absolute atomic E-state index is 0.179. The molecule has 0 saturated heterocycles. The van der Waals surface area contributed by atoms with Crippen LogP contribution >= 0.6 is 22.9 Å². The molecule has 1 amide bonds. The average Bonchev–Trinajstić information content (AvgIpc) is 3.09. The molecule has 0 aliphatic rings. The number of benzene rings is 1. The summed E-state index contributed by atoms with van der Waals surface area (Å²) < 4.78 is 5.68. The van der Waals surface area contributed by atoms with E-state index in [1.807, 2.05) is 24.4 Å². The van der Waals surface area contributed by atoms with Crippen molar-refractivity contribution in [2.45, 2.75) is 20.0 Å². The molecule has 7 heteroatoms. The van der Waals surface area contributed by atoms with Gasteiger partial charge in [0.05, 0.1) is 22.5 Å². The van der Waals surface area contributed by atoms with E-state index >= 15 is 0 Å². The predicted octanol–water partition coefficient (Wildman–Crippen LogP) is 4.05. The van der Waals surface area contributed by atoms with Crippen LogP contribution in [0.5, 0.6) is 5.75 Å². The van der Waals surface area contributed by atoms with Crippen LogP contribution in [0.25, 0.3) is 0 Å². The Morgan fingerprint density at radius 3 is 2.88 bits per heavy atom. The molecule has 2 aromatic heterocycles. The van der Waals surface area contributed by atoms with Gasteiger partial charge < -0.3 is 10.1 Å². The summed E-state index contributed by atoms with van der Waals surface area (Å²) in [4.78, 5) is 20.8. The van der Waals surface area contributed by atoms with Gasteiger partial charge in [0, 0.05) is 24.0 Å². The molecule has 2 heterocycles. The molecular weight excluding hydrogens is 370 g/mol. The number of thiazole rings is 1. The van der Waals surface area contributed by atoms with Gasteiger partial charge in [-0.15, -0.1) is 11.3 Å². The molecule has 0 fully saturated rings. The highest BCUT2D eigenvalue weighted by Gasteiger charge is 2.09. The first-order valence-corrected chi connectivity index (χ1v) is 9.39. The zero-order chi connectivity index (χ0) is 18.4. The average molecular weight is 388 g/mol. The molecule has 0 bridgehead atoms. The largest absolute Gasteiger partial charge is 0.485 e. The lowest BCUT2D eigenvalue weighted by Gasteiger charge is -2.05. The summed E-state index contributed by atoms with van der Waals surface area (Å²) in [5, 5.41) is 6.18. The molecule has 0 unspecified atom stereocenters. The van der Waals surface area contributed by atoms with Crippen molar-refractivity contribution in [3.05, 3.63) is 75.0 Å². The van der Waals surface area contributed by atoms with Crippen molar-refractivity contribution in [1.29, 1.82) is 0 Å². The fourth-order valence-electron chi connectivity index (χ4n) is 2.26. The number of hydrogen-bond acceptors (Lipinski definition) is 5. The summed E-state index contributed by atoms with van der Waals surface area (Å²) in [6, 6.07) is 10.8. The quantitative estimate of drug-likeness (QED) is 0.664. The Balaban J connectivity index is 1.45. The third kappa shape index (κ3) is 5.03. The molecule has 0 atom stereocenters. The van der Waals surface area contributed by atoms with Crippen molar-refractivity contribution in [2.75, 3.05) is 6.54 Å². The number of rotatable bonds is 7. The standard InChI is InChI=1S/C19H18ClN3O2S/c1-13-6-7-15(10-22-13)25-11-18-23-14(12-26-18)8-9-21-19(24)16-4-2-3-5-17(16)20/h2-7,10,12H,8-9,11H2,1H3,(H,21,24). The molecule has 0 aliphatic heterocycles. The van der Waals surface area contributed by atoms with Crippen LogP contribution in [0.3, 0.4) is 0 Å². The van der Waals surface area contributed by atoms with E-state index < -0.39 is 0 Å². The highest BCUT2D eigenvalue weighted by Crippen LogP contribution is 2.16. The van der Waals surface area contributed by atoms with E-state index in [0.717, 1.165) is 22.1 Å². The van der Waals surface area contributed by atoms with Crippen LogP contribution < -0.4 is 10.1 Å². The molecule has 0 radical (unpaired) electrons. The topological polar surface area (TPSA) is 64.1 Å². The monoisotopic (exact) mass is 387 g/mol. The van der Waals surface area contributed by atoms with Gasteiger partial charge in [-0.05, 0) is 31.2 Å². The first-order valence-electron chi connectivity index (χ1n) is 8.13.